The molecular formula is C19H22FN3O4. The van der Waals surface area contributed by atoms with Crippen LogP contribution in [0.3, 0.4) is 0 Å². The molecule has 7 nitrogen and oxygen atoms in total. The summed E-state index contributed by atoms with van der Waals surface area (Å²) in [5.41, 5.74) is 2.27. The van der Waals surface area contributed by atoms with Gasteiger partial charge in [0.05, 0.1) is 12.2 Å². The van der Waals surface area contributed by atoms with E-state index < -0.39 is 30.3 Å². The third-order valence-electron chi connectivity index (χ3n) is 4.56. The summed E-state index contributed by atoms with van der Waals surface area (Å²) in [6.07, 6.45) is 6.98. The zero-order valence-electron chi connectivity index (χ0n) is 15.3. The highest BCUT2D eigenvalue weighted by molar-refractivity contribution is 6.06. The second-order valence-corrected chi connectivity index (χ2v) is 6.81. The Hall–Kier alpha value is -2.77. The number of oxime groups is 1. The number of hydrogen-bond acceptors (Lipinski definition) is 6. The molecule has 0 fully saturated rings. The van der Waals surface area contributed by atoms with Crippen LogP contribution >= 0.6 is 0 Å². The van der Waals surface area contributed by atoms with Gasteiger partial charge in [-0.3, -0.25) is 14.6 Å². The highest BCUT2D eigenvalue weighted by atomic mass is 19.1. The molecule has 0 aromatic carbocycles. The second kappa shape index (κ2) is 7.85. The first kappa shape index (κ1) is 19.0. The molecule has 3 rings (SSSR count). The fraction of sp³-hybridized carbons (Fsp3) is 0.474. The molecule has 8 heteroatoms. The number of pyridine rings is 1. The molecule has 27 heavy (non-hydrogen) atoms. The van der Waals surface area contributed by atoms with Gasteiger partial charge in [0.1, 0.15) is 18.5 Å². The number of fused-ring (bicyclic) bond motifs is 1. The van der Waals surface area contributed by atoms with Gasteiger partial charge in [0.2, 0.25) is 5.60 Å². The SMILES string of the molecule is CC(=O)OC(CF)CNC(=O)C1(C)CC(c2nccc3c2C=CCC3)=NO1. The average molecular weight is 375 g/mol. The Labute approximate surface area is 156 Å². The number of halogens is 1. The van der Waals surface area contributed by atoms with Gasteiger partial charge < -0.3 is 14.9 Å². The highest BCUT2D eigenvalue weighted by Crippen LogP contribution is 2.30. The summed E-state index contributed by atoms with van der Waals surface area (Å²) >= 11 is 0. The number of alkyl halides is 1. The first-order valence-corrected chi connectivity index (χ1v) is 8.84. The van der Waals surface area contributed by atoms with Gasteiger partial charge in [-0.1, -0.05) is 17.3 Å². The van der Waals surface area contributed by atoms with Gasteiger partial charge in [-0.2, -0.15) is 0 Å². The van der Waals surface area contributed by atoms with Gasteiger partial charge in [-0.15, -0.1) is 0 Å². The molecule has 2 atom stereocenters. The van der Waals surface area contributed by atoms with Crippen LogP contribution in [-0.4, -0.2) is 47.5 Å². The van der Waals surface area contributed by atoms with E-state index in [4.69, 9.17) is 9.57 Å². The third-order valence-corrected chi connectivity index (χ3v) is 4.56. The third kappa shape index (κ3) is 4.15. The van der Waals surface area contributed by atoms with Gasteiger partial charge in [-0.05, 0) is 31.4 Å². The summed E-state index contributed by atoms with van der Waals surface area (Å²) < 4.78 is 17.7. The maximum atomic E-state index is 12.9. The molecule has 1 aliphatic heterocycles. The molecule has 0 saturated heterocycles. The van der Waals surface area contributed by atoms with Crippen molar-refractivity contribution in [1.29, 1.82) is 0 Å². The summed E-state index contributed by atoms with van der Waals surface area (Å²) in [5.74, 6) is -1.05. The van der Waals surface area contributed by atoms with E-state index in [-0.39, 0.29) is 13.0 Å². The second-order valence-electron chi connectivity index (χ2n) is 6.81. The highest BCUT2D eigenvalue weighted by Gasteiger charge is 2.43. The fourth-order valence-electron chi connectivity index (χ4n) is 3.13. The summed E-state index contributed by atoms with van der Waals surface area (Å²) in [7, 11) is 0. The maximum Gasteiger partial charge on any atom is 0.303 e. The number of nitrogens with zero attached hydrogens (tertiary/aromatic N) is 2. The Morgan fingerprint density at radius 1 is 1.48 bits per heavy atom. The number of hydrogen-bond donors (Lipinski definition) is 1. The molecule has 2 heterocycles. The van der Waals surface area contributed by atoms with Crippen molar-refractivity contribution in [2.75, 3.05) is 13.2 Å². The van der Waals surface area contributed by atoms with E-state index >= 15 is 0 Å². The first-order valence-electron chi connectivity index (χ1n) is 8.84. The number of rotatable bonds is 6. The van der Waals surface area contributed by atoms with E-state index in [9.17, 15) is 14.0 Å². The van der Waals surface area contributed by atoms with Crippen molar-refractivity contribution in [3.8, 4) is 0 Å². The van der Waals surface area contributed by atoms with E-state index in [1.807, 2.05) is 12.1 Å². The van der Waals surface area contributed by atoms with Crippen molar-refractivity contribution < 1.29 is 23.6 Å². The maximum absolute atomic E-state index is 12.9. The lowest BCUT2D eigenvalue weighted by atomic mass is 9.91. The van der Waals surface area contributed by atoms with E-state index in [0.717, 1.165) is 18.4 Å². The minimum absolute atomic E-state index is 0.134. The molecule has 0 bridgehead atoms. The van der Waals surface area contributed by atoms with Crippen LogP contribution in [0.4, 0.5) is 4.39 Å². The Morgan fingerprint density at radius 3 is 3.04 bits per heavy atom. The molecule has 1 aromatic rings. The van der Waals surface area contributed by atoms with Crippen LogP contribution in [0.15, 0.2) is 23.5 Å². The number of amides is 1. The van der Waals surface area contributed by atoms with E-state index in [1.54, 1.807) is 13.1 Å². The monoisotopic (exact) mass is 375 g/mol. The minimum atomic E-state index is -1.23. The normalized spacial score (nSPS) is 21.7. The average Bonchev–Trinajstić information content (AvgIpc) is 3.07. The summed E-state index contributed by atoms with van der Waals surface area (Å²) in [6.45, 7) is 1.78. The van der Waals surface area contributed by atoms with Crippen molar-refractivity contribution in [1.82, 2.24) is 10.3 Å². The van der Waals surface area contributed by atoms with E-state index in [0.29, 0.717) is 11.4 Å². The number of carbonyl (C=O) groups excluding carboxylic acids is 2. The topological polar surface area (TPSA) is 89.9 Å². The molecule has 2 unspecified atom stereocenters. The molecule has 1 N–H and O–H groups in total. The van der Waals surface area contributed by atoms with Crippen molar-refractivity contribution in [3.63, 3.8) is 0 Å². The summed E-state index contributed by atoms with van der Waals surface area (Å²) in [4.78, 5) is 33.3. The molecule has 2 aliphatic rings. The molecular weight excluding hydrogens is 353 g/mol. The standard InChI is InChI=1S/C19H22FN3O4/c1-12(24)26-14(10-20)11-22-18(25)19(2)9-16(23-27-19)17-15-6-4-3-5-13(15)7-8-21-17/h4,6-8,14H,3,5,9-11H2,1-2H3,(H,22,25). The van der Waals surface area contributed by atoms with Crippen LogP contribution in [-0.2, 0) is 25.6 Å². The minimum Gasteiger partial charge on any atom is -0.458 e. The Bertz CT molecular complexity index is 808. The first-order chi connectivity index (χ1) is 12.9. The molecule has 0 saturated carbocycles. The number of allylic oxidation sites excluding steroid dienone is 1. The lowest BCUT2D eigenvalue weighted by molar-refractivity contribution is -0.149. The van der Waals surface area contributed by atoms with E-state index in [1.165, 1.54) is 12.5 Å². The predicted octanol–water partition coefficient (Wildman–Crippen LogP) is 1.94. The van der Waals surface area contributed by atoms with Gasteiger partial charge >= 0.3 is 5.97 Å². The zero-order chi connectivity index (χ0) is 19.4. The summed E-state index contributed by atoms with van der Waals surface area (Å²) in [5, 5.41) is 6.65. The fourth-order valence-corrected chi connectivity index (χ4v) is 3.13. The number of carbonyl (C=O) groups is 2. The van der Waals surface area contributed by atoms with Gasteiger partial charge in [-0.25, -0.2) is 4.39 Å². The largest absolute Gasteiger partial charge is 0.458 e. The molecule has 1 aliphatic carbocycles. The zero-order valence-corrected chi connectivity index (χ0v) is 15.3. The molecule has 1 aromatic heterocycles. The lowest BCUT2D eigenvalue weighted by Crippen LogP contribution is -2.47. The number of ether oxygens (including phenoxy) is 1. The number of esters is 1. The molecule has 1 amide bonds. The number of aromatic nitrogens is 1. The Morgan fingerprint density at radius 2 is 2.30 bits per heavy atom. The van der Waals surface area contributed by atoms with Crippen LogP contribution in [0.2, 0.25) is 0 Å². The van der Waals surface area contributed by atoms with Gasteiger partial charge in [0.25, 0.3) is 5.91 Å². The quantitative estimate of drug-likeness (QED) is 0.768. The summed E-state index contributed by atoms with van der Waals surface area (Å²) in [6, 6.07) is 1.98. The number of nitrogens with one attached hydrogen (secondary N) is 1. The molecule has 0 radical (unpaired) electrons. The van der Waals surface area contributed by atoms with Crippen molar-refractivity contribution in [2.45, 2.75) is 44.8 Å². The number of aryl methyl sites for hydroxylation is 1. The van der Waals surface area contributed by atoms with Crippen LogP contribution in [0, 0.1) is 0 Å². The predicted molar refractivity (Wildman–Crippen MR) is 96.8 cm³/mol. The van der Waals surface area contributed by atoms with Crippen LogP contribution in [0.1, 0.15) is 43.5 Å². The lowest BCUT2D eigenvalue weighted by Gasteiger charge is -2.22. The van der Waals surface area contributed by atoms with Gasteiger partial charge in [0, 0.05) is 25.1 Å². The van der Waals surface area contributed by atoms with Crippen LogP contribution in [0.25, 0.3) is 6.08 Å². The van der Waals surface area contributed by atoms with Crippen LogP contribution in [0.5, 0.6) is 0 Å². The van der Waals surface area contributed by atoms with Crippen molar-refractivity contribution in [3.05, 3.63) is 35.2 Å². The van der Waals surface area contributed by atoms with Crippen LogP contribution < -0.4 is 5.32 Å². The Balaban J connectivity index is 1.66. The van der Waals surface area contributed by atoms with E-state index in [2.05, 4.69) is 21.5 Å². The molecule has 144 valence electrons. The van der Waals surface area contributed by atoms with Crippen molar-refractivity contribution >= 4 is 23.7 Å². The van der Waals surface area contributed by atoms with Crippen molar-refractivity contribution in [2.24, 2.45) is 5.16 Å². The van der Waals surface area contributed by atoms with Gasteiger partial charge in [0.15, 0.2) is 0 Å². The molecule has 0 spiro atoms. The smallest absolute Gasteiger partial charge is 0.303 e. The Kier molecular flexibility index (Phi) is 5.53.